The molecule has 4 rings (SSSR count). The van der Waals surface area contributed by atoms with Crippen LogP contribution in [0.2, 0.25) is 0 Å². The van der Waals surface area contributed by atoms with Crippen molar-refractivity contribution in [2.45, 2.75) is 19.9 Å². The topological polar surface area (TPSA) is 72.5 Å². The van der Waals surface area contributed by atoms with Gasteiger partial charge in [0, 0.05) is 24.1 Å². The zero-order chi connectivity index (χ0) is 19.3. The second-order valence-electron chi connectivity index (χ2n) is 6.44. The molecule has 0 unspecified atom stereocenters. The summed E-state index contributed by atoms with van der Waals surface area (Å²) in [5.74, 6) is 1.19. The van der Waals surface area contributed by atoms with Crippen molar-refractivity contribution < 1.29 is 14.3 Å². The van der Waals surface area contributed by atoms with Crippen LogP contribution >= 0.6 is 0 Å². The quantitative estimate of drug-likeness (QED) is 0.680. The number of pyridine rings is 1. The van der Waals surface area contributed by atoms with Gasteiger partial charge in [-0.1, -0.05) is 31.2 Å². The van der Waals surface area contributed by atoms with E-state index >= 15 is 0 Å². The molecular weight excluding hydrogens is 354 g/mol. The zero-order valence-electron chi connectivity index (χ0n) is 15.6. The van der Waals surface area contributed by atoms with Gasteiger partial charge in [-0.15, -0.1) is 0 Å². The Balaban J connectivity index is 1.43. The van der Waals surface area contributed by atoms with Crippen molar-refractivity contribution in [2.75, 3.05) is 12.1 Å². The largest absolute Gasteiger partial charge is 0.454 e. The predicted octanol–water partition coefficient (Wildman–Crippen LogP) is 4.05. The maximum atomic E-state index is 12.5. The van der Waals surface area contributed by atoms with Crippen LogP contribution in [0.15, 0.2) is 60.8 Å². The number of nitrogens with zero attached hydrogens (tertiary/aromatic N) is 1. The van der Waals surface area contributed by atoms with Crippen molar-refractivity contribution in [3.8, 4) is 11.5 Å². The molecule has 0 saturated carbocycles. The molecule has 1 amide bonds. The van der Waals surface area contributed by atoms with Crippen molar-refractivity contribution in [3.05, 3.63) is 77.6 Å². The number of aryl methyl sites for hydroxylation is 1. The van der Waals surface area contributed by atoms with Gasteiger partial charge in [-0.05, 0) is 47.9 Å². The lowest BCUT2D eigenvalue weighted by molar-refractivity contribution is 0.0946. The Morgan fingerprint density at radius 2 is 1.93 bits per heavy atom. The van der Waals surface area contributed by atoms with Gasteiger partial charge >= 0.3 is 0 Å². The number of carbonyl (C=O) groups excluding carboxylic acids is 1. The van der Waals surface area contributed by atoms with Gasteiger partial charge in [-0.2, -0.15) is 0 Å². The van der Waals surface area contributed by atoms with Crippen LogP contribution in [0.4, 0.5) is 11.4 Å². The van der Waals surface area contributed by atoms with Gasteiger partial charge in [0.2, 0.25) is 6.79 Å². The average molecular weight is 375 g/mol. The molecule has 1 aliphatic rings. The van der Waals surface area contributed by atoms with Gasteiger partial charge in [0.1, 0.15) is 5.69 Å². The molecule has 2 heterocycles. The number of carbonyl (C=O) groups is 1. The zero-order valence-corrected chi connectivity index (χ0v) is 15.6. The molecule has 0 atom stereocenters. The highest BCUT2D eigenvalue weighted by Crippen LogP contribution is 2.32. The van der Waals surface area contributed by atoms with Gasteiger partial charge in [-0.3, -0.25) is 9.78 Å². The molecule has 142 valence electrons. The molecule has 2 aromatic carbocycles. The van der Waals surface area contributed by atoms with E-state index in [1.54, 1.807) is 12.3 Å². The van der Waals surface area contributed by atoms with Crippen molar-refractivity contribution in [1.82, 2.24) is 10.3 Å². The fourth-order valence-electron chi connectivity index (χ4n) is 3.06. The Kier molecular flexibility index (Phi) is 5.10. The molecule has 0 radical (unpaired) electrons. The smallest absolute Gasteiger partial charge is 0.270 e. The monoisotopic (exact) mass is 375 g/mol. The average Bonchev–Trinajstić information content (AvgIpc) is 3.20. The van der Waals surface area contributed by atoms with Crippen LogP contribution in [0.25, 0.3) is 0 Å². The molecule has 0 bridgehead atoms. The van der Waals surface area contributed by atoms with Crippen LogP contribution in [0.3, 0.4) is 0 Å². The number of ether oxygens (including phenoxy) is 2. The van der Waals surface area contributed by atoms with E-state index in [1.165, 1.54) is 5.56 Å². The van der Waals surface area contributed by atoms with E-state index in [0.29, 0.717) is 18.0 Å². The van der Waals surface area contributed by atoms with Crippen LogP contribution in [-0.4, -0.2) is 17.7 Å². The first kappa shape index (κ1) is 17.9. The molecule has 6 heteroatoms. The van der Waals surface area contributed by atoms with E-state index in [9.17, 15) is 4.79 Å². The number of anilines is 2. The molecule has 0 aliphatic carbocycles. The second kappa shape index (κ2) is 8.00. The fourth-order valence-corrected chi connectivity index (χ4v) is 3.06. The van der Waals surface area contributed by atoms with Crippen molar-refractivity contribution in [3.63, 3.8) is 0 Å². The first-order valence-electron chi connectivity index (χ1n) is 9.20. The Bertz CT molecular complexity index is 1000. The Morgan fingerprint density at radius 3 is 2.82 bits per heavy atom. The van der Waals surface area contributed by atoms with Crippen LogP contribution in [0.1, 0.15) is 28.5 Å². The summed E-state index contributed by atoms with van der Waals surface area (Å²) < 4.78 is 10.7. The van der Waals surface area contributed by atoms with Gasteiger partial charge in [0.05, 0.1) is 0 Å². The van der Waals surface area contributed by atoms with Crippen LogP contribution in [-0.2, 0) is 13.0 Å². The molecule has 0 fully saturated rings. The van der Waals surface area contributed by atoms with Gasteiger partial charge in [-0.25, -0.2) is 0 Å². The molecule has 0 spiro atoms. The molecule has 28 heavy (non-hydrogen) atoms. The molecule has 6 nitrogen and oxygen atoms in total. The minimum Gasteiger partial charge on any atom is -0.454 e. The third kappa shape index (κ3) is 3.91. The number of fused-ring (bicyclic) bond motifs is 1. The normalized spacial score (nSPS) is 11.9. The first-order valence-corrected chi connectivity index (χ1v) is 9.20. The number of rotatable bonds is 6. The highest BCUT2D eigenvalue weighted by molar-refractivity contribution is 5.93. The highest BCUT2D eigenvalue weighted by atomic mass is 16.7. The third-order valence-electron chi connectivity index (χ3n) is 4.56. The van der Waals surface area contributed by atoms with Crippen LogP contribution < -0.4 is 20.1 Å². The van der Waals surface area contributed by atoms with Crippen molar-refractivity contribution in [1.29, 1.82) is 0 Å². The number of nitrogens with one attached hydrogen (secondary N) is 2. The molecule has 0 saturated heterocycles. The standard InChI is InChI=1S/C22H21N3O3/c1-2-16-5-3-4-6-18(16)25-17-9-10-23-19(12-17)22(26)24-13-15-7-8-20-21(11-15)28-14-27-20/h3-12H,2,13-14H2,1H3,(H,23,25)(H,24,26). The number of para-hydroxylation sites is 1. The Hall–Kier alpha value is -3.54. The summed E-state index contributed by atoms with van der Waals surface area (Å²) in [5.41, 5.74) is 4.36. The Labute approximate surface area is 163 Å². The predicted molar refractivity (Wildman–Crippen MR) is 107 cm³/mol. The van der Waals surface area contributed by atoms with Gasteiger partial charge < -0.3 is 20.1 Å². The first-order chi connectivity index (χ1) is 13.7. The lowest BCUT2D eigenvalue weighted by atomic mass is 10.1. The SMILES string of the molecule is CCc1ccccc1Nc1ccnc(C(=O)NCc2ccc3c(c2)OCO3)c1. The van der Waals surface area contributed by atoms with Crippen LogP contribution in [0, 0.1) is 0 Å². The van der Waals surface area contributed by atoms with E-state index in [-0.39, 0.29) is 12.7 Å². The maximum absolute atomic E-state index is 12.5. The summed E-state index contributed by atoms with van der Waals surface area (Å²) >= 11 is 0. The molecule has 2 N–H and O–H groups in total. The maximum Gasteiger partial charge on any atom is 0.270 e. The summed E-state index contributed by atoms with van der Waals surface area (Å²) in [6.45, 7) is 2.73. The van der Waals surface area contributed by atoms with Gasteiger partial charge in [0.15, 0.2) is 11.5 Å². The summed E-state index contributed by atoms with van der Waals surface area (Å²) in [6.07, 6.45) is 2.56. The minimum atomic E-state index is -0.231. The number of benzene rings is 2. The minimum absolute atomic E-state index is 0.231. The van der Waals surface area contributed by atoms with E-state index in [0.717, 1.165) is 29.1 Å². The number of amides is 1. The number of hydrogen-bond donors (Lipinski definition) is 2. The molecule has 1 aromatic heterocycles. The van der Waals surface area contributed by atoms with Crippen molar-refractivity contribution in [2.24, 2.45) is 0 Å². The highest BCUT2D eigenvalue weighted by Gasteiger charge is 2.14. The summed E-state index contributed by atoms with van der Waals surface area (Å²) in [4.78, 5) is 16.7. The summed E-state index contributed by atoms with van der Waals surface area (Å²) in [7, 11) is 0. The number of hydrogen-bond acceptors (Lipinski definition) is 5. The van der Waals surface area contributed by atoms with Crippen molar-refractivity contribution >= 4 is 17.3 Å². The van der Waals surface area contributed by atoms with E-state index in [1.807, 2.05) is 42.5 Å². The Morgan fingerprint density at radius 1 is 1.07 bits per heavy atom. The third-order valence-corrected chi connectivity index (χ3v) is 4.56. The fraction of sp³-hybridized carbons (Fsp3) is 0.182. The van der Waals surface area contributed by atoms with E-state index in [2.05, 4.69) is 28.6 Å². The van der Waals surface area contributed by atoms with Gasteiger partial charge in [0.25, 0.3) is 5.91 Å². The molecule has 3 aromatic rings. The van der Waals surface area contributed by atoms with E-state index < -0.39 is 0 Å². The number of aromatic nitrogens is 1. The summed E-state index contributed by atoms with van der Waals surface area (Å²) in [6, 6.07) is 17.3. The van der Waals surface area contributed by atoms with Crippen LogP contribution in [0.5, 0.6) is 11.5 Å². The molecular formula is C22H21N3O3. The summed E-state index contributed by atoms with van der Waals surface area (Å²) in [5, 5.41) is 6.26. The lowest BCUT2D eigenvalue weighted by Crippen LogP contribution is -2.23. The van der Waals surface area contributed by atoms with E-state index in [4.69, 9.17) is 9.47 Å². The molecule has 1 aliphatic heterocycles. The lowest BCUT2D eigenvalue weighted by Gasteiger charge is -2.12. The second-order valence-corrected chi connectivity index (χ2v) is 6.44.